The van der Waals surface area contributed by atoms with Crippen LogP contribution in [-0.4, -0.2) is 60.3 Å². The van der Waals surface area contributed by atoms with Crippen LogP contribution in [0.2, 0.25) is 0 Å². The van der Waals surface area contributed by atoms with Crippen molar-refractivity contribution in [2.75, 3.05) is 33.4 Å². The van der Waals surface area contributed by atoms with Crippen molar-refractivity contribution in [3.8, 4) is 0 Å². The minimum atomic E-state index is -5.04. The zero-order valence-electron chi connectivity index (χ0n) is 21.9. The zero-order chi connectivity index (χ0) is 30.0. The Bertz CT molecular complexity index is 1200. The van der Waals surface area contributed by atoms with Gasteiger partial charge < -0.3 is 19.6 Å². The Kier molecular flexibility index (Phi) is 9.38. The third kappa shape index (κ3) is 7.04. The number of rotatable bonds is 6. The lowest BCUT2D eigenvalue weighted by Gasteiger charge is -2.40. The number of alkyl halides is 6. The number of aliphatic hydroxyl groups excluding tert-OH is 1. The Balaban J connectivity index is 1.96. The van der Waals surface area contributed by atoms with Gasteiger partial charge in [0.25, 0.3) is 0 Å². The normalized spacial score (nSPS) is 18.8. The molecule has 40 heavy (non-hydrogen) atoms. The van der Waals surface area contributed by atoms with E-state index in [0.717, 1.165) is 4.90 Å². The Morgan fingerprint density at radius 2 is 1.68 bits per heavy atom. The Morgan fingerprint density at radius 3 is 2.20 bits per heavy atom. The van der Waals surface area contributed by atoms with Gasteiger partial charge in [-0.05, 0) is 67.3 Å². The summed E-state index contributed by atoms with van der Waals surface area (Å²) in [4.78, 5) is 28.6. The van der Waals surface area contributed by atoms with Gasteiger partial charge in [0.05, 0.1) is 23.8 Å². The number of carbonyl (C=O) groups excluding carboxylic acids is 2. The number of amides is 2. The van der Waals surface area contributed by atoms with Crippen molar-refractivity contribution in [3.05, 3.63) is 70.0 Å². The van der Waals surface area contributed by atoms with Crippen molar-refractivity contribution in [2.45, 2.75) is 44.6 Å². The lowest BCUT2D eigenvalue weighted by molar-refractivity contribution is -0.143. The second kappa shape index (κ2) is 12.0. The highest BCUT2D eigenvalue weighted by atomic mass is 19.4. The number of hydrogen-bond acceptors (Lipinski definition) is 4. The van der Waals surface area contributed by atoms with Crippen LogP contribution >= 0.6 is 0 Å². The van der Waals surface area contributed by atoms with Gasteiger partial charge in [0, 0.05) is 32.0 Å². The largest absolute Gasteiger partial charge is 0.447 e. The molecule has 1 heterocycles. The fraction of sp³-hybridized carbons (Fsp3) is 0.481. The lowest BCUT2D eigenvalue weighted by Crippen LogP contribution is -2.48. The second-order valence-electron chi connectivity index (χ2n) is 9.75. The van der Waals surface area contributed by atoms with E-state index in [2.05, 4.69) is 0 Å². The van der Waals surface area contributed by atoms with E-state index in [0.29, 0.717) is 23.3 Å². The van der Waals surface area contributed by atoms with E-state index in [4.69, 9.17) is 9.84 Å². The molecule has 0 aliphatic carbocycles. The molecule has 0 radical (unpaired) electrons. The minimum absolute atomic E-state index is 0.0167. The molecule has 2 aromatic rings. The highest BCUT2D eigenvalue weighted by Gasteiger charge is 2.41. The molecule has 1 aliphatic heterocycles. The summed E-state index contributed by atoms with van der Waals surface area (Å²) in [5, 5.41) is 8.94. The molecule has 1 saturated heterocycles. The second-order valence-corrected chi connectivity index (χ2v) is 9.75. The number of ether oxygens (including phenoxy) is 1. The van der Waals surface area contributed by atoms with Gasteiger partial charge in [0.1, 0.15) is 12.4 Å². The maximum Gasteiger partial charge on any atom is 0.416 e. The molecule has 1 aliphatic rings. The molecule has 1 N–H and O–H groups in total. The van der Waals surface area contributed by atoms with E-state index in [1.54, 1.807) is 6.92 Å². The standard InChI is InChI=1S/C27H29F7N2O4/c1-15-10-20(28)4-5-21(15)23-14-36(25(39)40-9-8-37)7-6-22(23)24(38)35(3)16(2)17-11-18(26(29,30)31)13-19(12-17)27(32,33)34/h4-5,10-13,16,22-23,37H,6-9,14H2,1-3H3/t16-,22-,23+/m0/s1. The summed E-state index contributed by atoms with van der Waals surface area (Å²) >= 11 is 0. The number of carbonyl (C=O) groups is 2. The summed E-state index contributed by atoms with van der Waals surface area (Å²) in [5.41, 5.74) is -2.27. The lowest BCUT2D eigenvalue weighted by atomic mass is 9.78. The van der Waals surface area contributed by atoms with Crippen molar-refractivity contribution in [1.82, 2.24) is 9.80 Å². The van der Waals surface area contributed by atoms with Crippen molar-refractivity contribution in [1.29, 1.82) is 0 Å². The third-order valence-electron chi connectivity index (χ3n) is 7.16. The van der Waals surface area contributed by atoms with Gasteiger partial charge in [0.15, 0.2) is 0 Å². The van der Waals surface area contributed by atoms with Gasteiger partial charge in [-0.25, -0.2) is 9.18 Å². The summed E-state index contributed by atoms with van der Waals surface area (Å²) in [6, 6.07) is 3.96. The Morgan fingerprint density at radius 1 is 1.07 bits per heavy atom. The smallest absolute Gasteiger partial charge is 0.416 e. The van der Waals surface area contributed by atoms with Crippen LogP contribution in [0.3, 0.4) is 0 Å². The van der Waals surface area contributed by atoms with Crippen LogP contribution in [0, 0.1) is 18.7 Å². The number of likely N-dealkylation sites (tertiary alicyclic amines) is 1. The van der Waals surface area contributed by atoms with Crippen LogP contribution in [-0.2, 0) is 21.9 Å². The van der Waals surface area contributed by atoms with Crippen molar-refractivity contribution in [2.24, 2.45) is 5.92 Å². The quantitative estimate of drug-likeness (QED) is 0.432. The van der Waals surface area contributed by atoms with Gasteiger partial charge in [-0.1, -0.05) is 6.07 Å². The first-order valence-electron chi connectivity index (χ1n) is 12.4. The summed E-state index contributed by atoms with van der Waals surface area (Å²) in [6.45, 7) is 2.37. The number of aliphatic hydroxyl groups is 1. The molecule has 0 bridgehead atoms. The molecule has 0 unspecified atom stereocenters. The van der Waals surface area contributed by atoms with Crippen molar-refractivity contribution >= 4 is 12.0 Å². The molecule has 3 rings (SSSR count). The first-order chi connectivity index (χ1) is 18.5. The third-order valence-corrected chi connectivity index (χ3v) is 7.16. The van der Waals surface area contributed by atoms with Crippen LogP contribution in [0.1, 0.15) is 53.1 Å². The molecular weight excluding hydrogens is 549 g/mol. The molecule has 2 aromatic carbocycles. The fourth-order valence-corrected chi connectivity index (χ4v) is 4.90. The number of aryl methyl sites for hydroxylation is 1. The predicted octanol–water partition coefficient (Wildman–Crippen LogP) is 5.93. The van der Waals surface area contributed by atoms with E-state index >= 15 is 0 Å². The number of hydrogen-bond donors (Lipinski definition) is 1. The number of nitrogens with zero attached hydrogens (tertiary/aromatic N) is 2. The summed E-state index contributed by atoms with van der Waals surface area (Å²) < 4.78 is 99.2. The molecule has 1 fully saturated rings. The van der Waals surface area contributed by atoms with E-state index in [-0.39, 0.29) is 37.7 Å². The molecule has 0 saturated carbocycles. The van der Waals surface area contributed by atoms with E-state index < -0.39 is 65.8 Å². The molecule has 3 atom stereocenters. The van der Waals surface area contributed by atoms with Gasteiger partial charge in [-0.2, -0.15) is 26.3 Å². The monoisotopic (exact) mass is 578 g/mol. The van der Waals surface area contributed by atoms with E-state index in [9.17, 15) is 40.3 Å². The summed E-state index contributed by atoms with van der Waals surface area (Å²) in [7, 11) is 1.29. The molecule has 2 amide bonds. The average Bonchev–Trinajstić information content (AvgIpc) is 2.89. The molecule has 6 nitrogen and oxygen atoms in total. The maximum atomic E-state index is 13.8. The highest BCUT2D eigenvalue weighted by molar-refractivity contribution is 5.81. The minimum Gasteiger partial charge on any atom is -0.447 e. The van der Waals surface area contributed by atoms with Gasteiger partial charge in [-0.3, -0.25) is 4.79 Å². The maximum absolute atomic E-state index is 13.8. The van der Waals surface area contributed by atoms with Gasteiger partial charge in [-0.15, -0.1) is 0 Å². The summed E-state index contributed by atoms with van der Waals surface area (Å²) in [6.07, 6.45) is -10.7. The first kappa shape index (κ1) is 31.2. The average molecular weight is 579 g/mol. The van der Waals surface area contributed by atoms with Crippen LogP contribution < -0.4 is 0 Å². The topological polar surface area (TPSA) is 70.1 Å². The molecular formula is C27H29F7N2O4. The van der Waals surface area contributed by atoms with E-state index in [1.807, 2.05) is 0 Å². The zero-order valence-corrected chi connectivity index (χ0v) is 21.9. The number of halogens is 7. The summed E-state index contributed by atoms with van der Waals surface area (Å²) in [5.74, 6) is -2.58. The van der Waals surface area contributed by atoms with Crippen LogP contribution in [0.25, 0.3) is 0 Å². The van der Waals surface area contributed by atoms with Crippen LogP contribution in [0.5, 0.6) is 0 Å². The number of benzene rings is 2. The Hall–Kier alpha value is -3.35. The fourth-order valence-electron chi connectivity index (χ4n) is 4.90. The van der Waals surface area contributed by atoms with E-state index in [1.165, 1.54) is 37.1 Å². The predicted molar refractivity (Wildman–Crippen MR) is 130 cm³/mol. The van der Waals surface area contributed by atoms with Crippen LogP contribution in [0.15, 0.2) is 36.4 Å². The Labute approximate surface area is 226 Å². The highest BCUT2D eigenvalue weighted by Crippen LogP contribution is 2.40. The molecule has 13 heteroatoms. The van der Waals surface area contributed by atoms with Gasteiger partial charge >= 0.3 is 18.4 Å². The van der Waals surface area contributed by atoms with Gasteiger partial charge in [0.2, 0.25) is 5.91 Å². The number of piperidine rings is 1. The van der Waals surface area contributed by atoms with Crippen molar-refractivity contribution in [3.63, 3.8) is 0 Å². The van der Waals surface area contributed by atoms with Crippen molar-refractivity contribution < 1.29 is 50.2 Å². The SMILES string of the molecule is Cc1cc(F)ccc1[C@H]1CN(C(=O)OCCO)CC[C@@H]1C(=O)N(C)[C@@H](C)c1cc(C(F)(F)F)cc(C(F)(F)F)c1. The first-order valence-corrected chi connectivity index (χ1v) is 12.4. The molecule has 0 aromatic heterocycles. The molecule has 220 valence electrons. The van der Waals surface area contributed by atoms with Crippen LogP contribution in [0.4, 0.5) is 35.5 Å². The molecule has 0 spiro atoms.